The predicted molar refractivity (Wildman–Crippen MR) is 97.6 cm³/mol. The SMILES string of the molecule is COCCNC(=O)c1ccc(NS(=O)(=O)c2ccc(Cl)cc2)c(C)c1. The number of amides is 1. The Hall–Kier alpha value is -2.09. The van der Waals surface area contributed by atoms with Gasteiger partial charge in [0.15, 0.2) is 0 Å². The molecule has 0 aromatic heterocycles. The quantitative estimate of drug-likeness (QED) is 0.721. The van der Waals surface area contributed by atoms with Crippen LogP contribution in [0.4, 0.5) is 5.69 Å². The van der Waals surface area contributed by atoms with Gasteiger partial charge in [0.25, 0.3) is 15.9 Å². The zero-order chi connectivity index (χ0) is 18.4. The van der Waals surface area contributed by atoms with Gasteiger partial charge >= 0.3 is 0 Å². The summed E-state index contributed by atoms with van der Waals surface area (Å²) in [4.78, 5) is 12.1. The summed E-state index contributed by atoms with van der Waals surface area (Å²) in [5.41, 5.74) is 1.49. The van der Waals surface area contributed by atoms with Gasteiger partial charge in [0.1, 0.15) is 0 Å². The highest BCUT2D eigenvalue weighted by molar-refractivity contribution is 7.92. The van der Waals surface area contributed by atoms with E-state index >= 15 is 0 Å². The number of nitrogens with one attached hydrogen (secondary N) is 2. The van der Waals surface area contributed by atoms with Crippen LogP contribution in [0.5, 0.6) is 0 Å². The number of rotatable bonds is 7. The van der Waals surface area contributed by atoms with E-state index < -0.39 is 10.0 Å². The van der Waals surface area contributed by atoms with Crippen LogP contribution in [0.3, 0.4) is 0 Å². The molecule has 0 aliphatic heterocycles. The van der Waals surface area contributed by atoms with E-state index in [-0.39, 0.29) is 10.8 Å². The van der Waals surface area contributed by atoms with Gasteiger partial charge in [0.2, 0.25) is 0 Å². The summed E-state index contributed by atoms with van der Waals surface area (Å²) < 4.78 is 32.2. The number of hydrogen-bond acceptors (Lipinski definition) is 4. The Morgan fingerprint density at radius 3 is 2.44 bits per heavy atom. The fraction of sp³-hybridized carbons (Fsp3) is 0.235. The van der Waals surface area contributed by atoms with E-state index in [4.69, 9.17) is 16.3 Å². The van der Waals surface area contributed by atoms with Crippen molar-refractivity contribution in [3.8, 4) is 0 Å². The van der Waals surface area contributed by atoms with Crippen LogP contribution in [0, 0.1) is 6.92 Å². The van der Waals surface area contributed by atoms with Crippen molar-refractivity contribution in [3.63, 3.8) is 0 Å². The van der Waals surface area contributed by atoms with Gasteiger partial charge in [0, 0.05) is 24.2 Å². The second-order valence-electron chi connectivity index (χ2n) is 5.34. The summed E-state index contributed by atoms with van der Waals surface area (Å²) >= 11 is 5.78. The van der Waals surface area contributed by atoms with Crippen LogP contribution in [-0.4, -0.2) is 34.6 Å². The van der Waals surface area contributed by atoms with Crippen LogP contribution in [0.1, 0.15) is 15.9 Å². The highest BCUT2D eigenvalue weighted by atomic mass is 35.5. The molecule has 0 bridgehead atoms. The van der Waals surface area contributed by atoms with Crippen LogP contribution in [0.2, 0.25) is 5.02 Å². The zero-order valence-corrected chi connectivity index (χ0v) is 15.4. The minimum absolute atomic E-state index is 0.109. The highest BCUT2D eigenvalue weighted by Gasteiger charge is 2.16. The number of methoxy groups -OCH3 is 1. The normalized spacial score (nSPS) is 11.2. The topological polar surface area (TPSA) is 84.5 Å². The minimum Gasteiger partial charge on any atom is -0.383 e. The first kappa shape index (κ1) is 19.2. The van der Waals surface area contributed by atoms with E-state index in [0.29, 0.717) is 35.0 Å². The van der Waals surface area contributed by atoms with Crippen molar-refractivity contribution in [1.29, 1.82) is 0 Å². The van der Waals surface area contributed by atoms with Gasteiger partial charge in [-0.15, -0.1) is 0 Å². The molecule has 8 heteroatoms. The minimum atomic E-state index is -3.73. The van der Waals surface area contributed by atoms with Gasteiger partial charge in [-0.3, -0.25) is 9.52 Å². The molecule has 0 aliphatic carbocycles. The van der Waals surface area contributed by atoms with Crippen molar-refractivity contribution < 1.29 is 17.9 Å². The van der Waals surface area contributed by atoms with Gasteiger partial charge in [-0.25, -0.2) is 8.42 Å². The first-order valence-electron chi connectivity index (χ1n) is 7.49. The van der Waals surface area contributed by atoms with Crippen LogP contribution < -0.4 is 10.0 Å². The van der Waals surface area contributed by atoms with E-state index in [9.17, 15) is 13.2 Å². The molecule has 0 radical (unpaired) electrons. The standard InChI is InChI=1S/C17H19ClN2O4S/c1-12-11-13(17(21)19-9-10-24-2)3-8-16(12)20-25(22,23)15-6-4-14(18)5-7-15/h3-8,11,20H,9-10H2,1-2H3,(H,19,21). The predicted octanol–water partition coefficient (Wildman–Crippen LogP) is 2.83. The number of benzene rings is 2. The molecule has 2 aromatic rings. The van der Waals surface area contributed by atoms with Crippen molar-refractivity contribution in [2.24, 2.45) is 0 Å². The summed E-state index contributed by atoms with van der Waals surface area (Å²) in [6.07, 6.45) is 0. The largest absolute Gasteiger partial charge is 0.383 e. The van der Waals surface area contributed by atoms with Gasteiger partial charge < -0.3 is 10.1 Å². The fourth-order valence-electron chi connectivity index (χ4n) is 2.11. The molecule has 0 aliphatic rings. The summed E-state index contributed by atoms with van der Waals surface area (Å²) in [6.45, 7) is 2.55. The maximum absolute atomic E-state index is 12.4. The number of sulfonamides is 1. The molecule has 0 saturated carbocycles. The molecule has 25 heavy (non-hydrogen) atoms. The Morgan fingerprint density at radius 2 is 1.84 bits per heavy atom. The number of carbonyl (C=O) groups is 1. The summed E-state index contributed by atoms with van der Waals surface area (Å²) in [5, 5.41) is 3.17. The molecule has 134 valence electrons. The number of halogens is 1. The lowest BCUT2D eigenvalue weighted by Crippen LogP contribution is -2.27. The summed E-state index contributed by atoms with van der Waals surface area (Å²) in [6, 6.07) is 10.6. The Bertz CT molecular complexity index is 851. The number of anilines is 1. The monoisotopic (exact) mass is 382 g/mol. The van der Waals surface area contributed by atoms with Crippen molar-refractivity contribution in [1.82, 2.24) is 5.32 Å². The maximum Gasteiger partial charge on any atom is 0.261 e. The average Bonchev–Trinajstić information content (AvgIpc) is 2.57. The third-order valence-electron chi connectivity index (χ3n) is 3.45. The Kier molecular flexibility index (Phi) is 6.41. The van der Waals surface area contributed by atoms with Crippen LogP contribution in [-0.2, 0) is 14.8 Å². The molecular formula is C17H19ClN2O4S. The molecule has 0 heterocycles. The smallest absolute Gasteiger partial charge is 0.261 e. The third kappa shape index (κ3) is 5.19. The first-order chi connectivity index (χ1) is 11.8. The van der Waals surface area contributed by atoms with Gasteiger partial charge in [0.05, 0.1) is 17.2 Å². The molecule has 0 fully saturated rings. The maximum atomic E-state index is 12.4. The Labute approximate surface area is 152 Å². The molecule has 6 nitrogen and oxygen atoms in total. The van der Waals surface area contributed by atoms with Crippen molar-refractivity contribution in [3.05, 3.63) is 58.6 Å². The van der Waals surface area contributed by atoms with Crippen molar-refractivity contribution in [2.45, 2.75) is 11.8 Å². The second-order valence-corrected chi connectivity index (χ2v) is 7.46. The molecular weight excluding hydrogens is 364 g/mol. The first-order valence-corrected chi connectivity index (χ1v) is 9.36. The molecule has 1 amide bonds. The third-order valence-corrected chi connectivity index (χ3v) is 5.08. The van der Waals surface area contributed by atoms with Crippen LogP contribution in [0.25, 0.3) is 0 Å². The Morgan fingerprint density at radius 1 is 1.16 bits per heavy atom. The lowest BCUT2D eigenvalue weighted by Gasteiger charge is -2.12. The van der Waals surface area contributed by atoms with E-state index in [0.717, 1.165) is 0 Å². The van der Waals surface area contributed by atoms with Crippen molar-refractivity contribution in [2.75, 3.05) is 25.0 Å². The van der Waals surface area contributed by atoms with Gasteiger partial charge in [-0.2, -0.15) is 0 Å². The number of hydrogen-bond donors (Lipinski definition) is 2. The fourth-order valence-corrected chi connectivity index (χ4v) is 3.36. The van der Waals surface area contributed by atoms with Gasteiger partial charge in [-0.05, 0) is 55.0 Å². The number of ether oxygens (including phenoxy) is 1. The van der Waals surface area contributed by atoms with Crippen LogP contribution in [0.15, 0.2) is 47.4 Å². The second kappa shape index (κ2) is 8.33. The molecule has 0 unspecified atom stereocenters. The van der Waals surface area contributed by atoms with E-state index in [1.54, 1.807) is 32.2 Å². The zero-order valence-electron chi connectivity index (χ0n) is 13.9. The highest BCUT2D eigenvalue weighted by Crippen LogP contribution is 2.22. The van der Waals surface area contributed by atoms with E-state index in [2.05, 4.69) is 10.0 Å². The average molecular weight is 383 g/mol. The molecule has 0 spiro atoms. The number of aryl methyl sites for hydroxylation is 1. The lowest BCUT2D eigenvalue weighted by molar-refractivity contribution is 0.0937. The molecule has 2 N–H and O–H groups in total. The molecule has 0 saturated heterocycles. The van der Waals surface area contributed by atoms with Gasteiger partial charge in [-0.1, -0.05) is 11.6 Å². The molecule has 2 rings (SSSR count). The van der Waals surface area contributed by atoms with Crippen LogP contribution >= 0.6 is 11.6 Å². The number of carbonyl (C=O) groups excluding carboxylic acids is 1. The molecule has 2 aromatic carbocycles. The lowest BCUT2D eigenvalue weighted by atomic mass is 10.1. The van der Waals surface area contributed by atoms with Crippen molar-refractivity contribution >= 4 is 33.2 Å². The summed E-state index contributed by atoms with van der Waals surface area (Å²) in [7, 11) is -2.18. The van der Waals surface area contributed by atoms with E-state index in [1.807, 2.05) is 0 Å². The van der Waals surface area contributed by atoms with E-state index in [1.165, 1.54) is 24.3 Å². The summed E-state index contributed by atoms with van der Waals surface area (Å²) in [5.74, 6) is -0.243. The Balaban J connectivity index is 2.15. The molecule has 0 atom stereocenters.